The molecule has 1 heterocycles. The Bertz CT molecular complexity index is 640. The number of carbonyl (C=O) groups excluding carboxylic acids is 1. The van der Waals surface area contributed by atoms with Gasteiger partial charge >= 0.3 is 6.03 Å². The van der Waals surface area contributed by atoms with Crippen LogP contribution in [-0.2, 0) is 0 Å². The summed E-state index contributed by atoms with van der Waals surface area (Å²) >= 11 is 0. The number of hydrogen-bond donors (Lipinski definition) is 1. The maximum atomic E-state index is 12.9. The van der Waals surface area contributed by atoms with E-state index >= 15 is 0 Å². The molecule has 1 aromatic carbocycles. The number of fused-ring (bicyclic) bond motifs is 1. The van der Waals surface area contributed by atoms with Crippen LogP contribution >= 0.6 is 0 Å². The number of hydrogen-bond acceptors (Lipinski definition) is 2. The van der Waals surface area contributed by atoms with Crippen LogP contribution in [0.25, 0.3) is 0 Å². The van der Waals surface area contributed by atoms with Crippen molar-refractivity contribution >= 4 is 23.6 Å². The van der Waals surface area contributed by atoms with E-state index in [1.165, 1.54) is 32.1 Å². The third-order valence-corrected chi connectivity index (χ3v) is 6.43. The highest BCUT2D eigenvalue weighted by atomic mass is 16.2. The van der Waals surface area contributed by atoms with Gasteiger partial charge in [-0.25, -0.2) is 4.79 Å². The van der Waals surface area contributed by atoms with E-state index in [0.29, 0.717) is 24.4 Å². The molecule has 4 aliphatic carbocycles. The minimum Gasteiger partial charge on any atom is -0.334 e. The van der Waals surface area contributed by atoms with Gasteiger partial charge in [0.15, 0.2) is 0 Å². The van der Waals surface area contributed by atoms with Crippen molar-refractivity contribution in [3.8, 4) is 0 Å². The van der Waals surface area contributed by atoms with Crippen molar-refractivity contribution in [3.05, 3.63) is 24.3 Å². The first-order valence-electron chi connectivity index (χ1n) is 8.97. The zero-order valence-corrected chi connectivity index (χ0v) is 13.3. The fraction of sp³-hybridized carbons (Fsp3) is 0.579. The Morgan fingerprint density at radius 2 is 1.74 bits per heavy atom. The second-order valence-electron chi connectivity index (χ2n) is 7.82. The monoisotopic (exact) mass is 309 g/mol. The molecule has 1 N–H and O–H groups in total. The molecule has 0 aromatic heterocycles. The molecule has 0 spiro atoms. The topological polar surface area (TPSA) is 44.7 Å². The molecule has 1 aliphatic heterocycles. The maximum Gasteiger partial charge on any atom is 0.322 e. The summed E-state index contributed by atoms with van der Waals surface area (Å²) in [5, 5.41) is 3.40. The van der Waals surface area contributed by atoms with Crippen molar-refractivity contribution in [2.45, 2.75) is 38.1 Å². The van der Waals surface area contributed by atoms with Crippen molar-refractivity contribution < 1.29 is 4.79 Å². The van der Waals surface area contributed by atoms with Gasteiger partial charge in [0.25, 0.3) is 0 Å². The Hall–Kier alpha value is -1.84. The maximum absolute atomic E-state index is 12.9. The van der Waals surface area contributed by atoms with E-state index in [-0.39, 0.29) is 6.03 Å². The molecular weight excluding hydrogens is 286 g/mol. The van der Waals surface area contributed by atoms with Crippen LogP contribution < -0.4 is 10.2 Å². The Balaban J connectivity index is 1.35. The second-order valence-corrected chi connectivity index (χ2v) is 7.82. The van der Waals surface area contributed by atoms with Crippen molar-refractivity contribution in [1.82, 2.24) is 5.32 Å². The molecule has 4 fully saturated rings. The van der Waals surface area contributed by atoms with Gasteiger partial charge in [0.1, 0.15) is 0 Å². The number of urea groups is 1. The lowest BCUT2D eigenvalue weighted by atomic mass is 9.54. The van der Waals surface area contributed by atoms with E-state index in [9.17, 15) is 4.79 Å². The van der Waals surface area contributed by atoms with Crippen LogP contribution in [0.1, 0.15) is 32.1 Å². The summed E-state index contributed by atoms with van der Waals surface area (Å²) in [6.07, 6.45) is 8.60. The predicted octanol–water partition coefficient (Wildman–Crippen LogP) is 3.74. The Kier molecular flexibility index (Phi) is 3.00. The van der Waals surface area contributed by atoms with Gasteiger partial charge in [-0.15, -0.1) is 0 Å². The molecular formula is C19H23N3O. The molecule has 2 amide bonds. The number of para-hydroxylation sites is 2. The van der Waals surface area contributed by atoms with Crippen LogP contribution in [-0.4, -0.2) is 24.8 Å². The third-order valence-electron chi connectivity index (χ3n) is 6.43. The summed E-state index contributed by atoms with van der Waals surface area (Å²) < 4.78 is 0. The molecule has 120 valence electrons. The second kappa shape index (κ2) is 5.08. The normalized spacial score (nSPS) is 36.9. The number of carbonyl (C=O) groups is 1. The lowest BCUT2D eigenvalue weighted by Gasteiger charge is -2.54. The molecule has 4 saturated carbocycles. The minimum atomic E-state index is 0.0565. The van der Waals surface area contributed by atoms with E-state index in [1.54, 1.807) is 0 Å². The molecule has 4 bridgehead atoms. The van der Waals surface area contributed by atoms with Crippen LogP contribution in [0.3, 0.4) is 0 Å². The Morgan fingerprint density at radius 1 is 1.04 bits per heavy atom. The highest BCUT2D eigenvalue weighted by molar-refractivity contribution is 6.00. The number of nitrogens with zero attached hydrogens (tertiary/aromatic N) is 2. The van der Waals surface area contributed by atoms with Gasteiger partial charge in [0.2, 0.25) is 0 Å². The standard InChI is InChI=1S/C19H23N3O/c23-19(22-6-5-20-16-3-1-2-4-17(16)22)21-18-14-8-12-7-13(10-14)11-15(18)9-12/h1-5,12-15,18H,6-11H2,(H,21,23). The Labute approximate surface area is 137 Å². The SMILES string of the molecule is O=C(NC1C2CC3CC(C2)CC1C3)N1CC=Nc2ccccc21. The smallest absolute Gasteiger partial charge is 0.322 e. The fourth-order valence-electron chi connectivity index (χ4n) is 5.69. The first kappa shape index (κ1) is 13.6. The van der Waals surface area contributed by atoms with Crippen molar-refractivity contribution in [2.24, 2.45) is 28.7 Å². The first-order chi connectivity index (χ1) is 11.3. The molecule has 0 radical (unpaired) electrons. The van der Waals surface area contributed by atoms with E-state index in [4.69, 9.17) is 0 Å². The van der Waals surface area contributed by atoms with Gasteiger partial charge < -0.3 is 5.32 Å². The number of benzene rings is 1. The molecule has 6 rings (SSSR count). The predicted molar refractivity (Wildman–Crippen MR) is 91.3 cm³/mol. The molecule has 5 aliphatic rings. The zero-order chi connectivity index (χ0) is 15.4. The van der Waals surface area contributed by atoms with Gasteiger partial charge in [0, 0.05) is 12.3 Å². The molecule has 0 atom stereocenters. The van der Waals surface area contributed by atoms with E-state index in [1.807, 2.05) is 35.4 Å². The summed E-state index contributed by atoms with van der Waals surface area (Å²) in [6.45, 7) is 0.566. The quantitative estimate of drug-likeness (QED) is 0.844. The molecule has 0 unspecified atom stereocenters. The van der Waals surface area contributed by atoms with Crippen molar-refractivity contribution in [2.75, 3.05) is 11.4 Å². The number of aliphatic imine (C=N–C) groups is 1. The fourth-order valence-corrected chi connectivity index (χ4v) is 5.69. The van der Waals surface area contributed by atoms with Crippen LogP contribution in [0.5, 0.6) is 0 Å². The van der Waals surface area contributed by atoms with Crippen LogP contribution in [0, 0.1) is 23.7 Å². The highest BCUT2D eigenvalue weighted by Gasteiger charge is 2.48. The van der Waals surface area contributed by atoms with Crippen LogP contribution in [0.4, 0.5) is 16.2 Å². The molecule has 4 heteroatoms. The van der Waals surface area contributed by atoms with Crippen molar-refractivity contribution in [3.63, 3.8) is 0 Å². The molecule has 0 saturated heterocycles. The van der Waals surface area contributed by atoms with E-state index < -0.39 is 0 Å². The van der Waals surface area contributed by atoms with Crippen LogP contribution in [0.2, 0.25) is 0 Å². The summed E-state index contributed by atoms with van der Waals surface area (Å²) in [5.74, 6) is 3.30. The van der Waals surface area contributed by atoms with Crippen molar-refractivity contribution in [1.29, 1.82) is 0 Å². The number of anilines is 1. The molecule has 1 aromatic rings. The lowest BCUT2D eigenvalue weighted by Crippen LogP contribution is -2.58. The molecule has 4 nitrogen and oxygen atoms in total. The average Bonchev–Trinajstić information content (AvgIpc) is 2.57. The molecule has 23 heavy (non-hydrogen) atoms. The van der Waals surface area contributed by atoms with E-state index in [2.05, 4.69) is 10.3 Å². The number of amides is 2. The summed E-state index contributed by atoms with van der Waals surface area (Å²) in [6, 6.07) is 8.34. The zero-order valence-electron chi connectivity index (χ0n) is 13.3. The largest absolute Gasteiger partial charge is 0.334 e. The van der Waals surface area contributed by atoms with Gasteiger partial charge in [-0.1, -0.05) is 12.1 Å². The van der Waals surface area contributed by atoms with Gasteiger partial charge in [-0.05, 0) is 67.9 Å². The Morgan fingerprint density at radius 3 is 2.48 bits per heavy atom. The summed E-state index contributed by atoms with van der Waals surface area (Å²) in [7, 11) is 0. The van der Waals surface area contributed by atoms with Gasteiger partial charge in [-0.3, -0.25) is 9.89 Å². The summed E-state index contributed by atoms with van der Waals surface area (Å²) in [5.41, 5.74) is 1.82. The van der Waals surface area contributed by atoms with Gasteiger partial charge in [-0.2, -0.15) is 0 Å². The lowest BCUT2D eigenvalue weighted by molar-refractivity contribution is -0.00908. The average molecular weight is 309 g/mol. The number of nitrogens with one attached hydrogen (secondary N) is 1. The third kappa shape index (κ3) is 2.19. The highest BCUT2D eigenvalue weighted by Crippen LogP contribution is 2.53. The summed E-state index contributed by atoms with van der Waals surface area (Å²) in [4.78, 5) is 19.1. The minimum absolute atomic E-state index is 0.0565. The first-order valence-corrected chi connectivity index (χ1v) is 8.97. The van der Waals surface area contributed by atoms with Crippen LogP contribution in [0.15, 0.2) is 29.3 Å². The number of rotatable bonds is 1. The van der Waals surface area contributed by atoms with E-state index in [0.717, 1.165) is 23.2 Å². The van der Waals surface area contributed by atoms with Gasteiger partial charge in [0.05, 0.1) is 17.9 Å².